The zero-order valence-electron chi connectivity index (χ0n) is 15.9. The van der Waals surface area contributed by atoms with Gasteiger partial charge in [-0.2, -0.15) is 4.98 Å². The SMILES string of the molecule is COc1ccc(OCCN(C)C(=O)CCc2nc(-c3ccncc3)no2)cc1. The number of hydrogen-bond donors (Lipinski definition) is 0. The topological polar surface area (TPSA) is 90.6 Å². The smallest absolute Gasteiger partial charge is 0.227 e. The Hall–Kier alpha value is -3.42. The average molecular weight is 382 g/mol. The van der Waals surface area contributed by atoms with Gasteiger partial charge < -0.3 is 18.9 Å². The standard InChI is InChI=1S/C20H22N4O4/c1-24(13-14-27-17-5-3-16(26-2)4-6-17)19(25)8-7-18-22-20(23-28-18)15-9-11-21-12-10-15/h3-6,9-12H,7-8,13-14H2,1-2H3. The summed E-state index contributed by atoms with van der Waals surface area (Å²) in [6.07, 6.45) is 4.01. The summed E-state index contributed by atoms with van der Waals surface area (Å²) in [7, 11) is 3.36. The average Bonchev–Trinajstić information content (AvgIpc) is 3.22. The van der Waals surface area contributed by atoms with Crippen molar-refractivity contribution >= 4 is 5.91 Å². The van der Waals surface area contributed by atoms with Crippen LogP contribution in [-0.2, 0) is 11.2 Å². The van der Waals surface area contributed by atoms with Crippen LogP contribution in [0.2, 0.25) is 0 Å². The molecule has 1 amide bonds. The van der Waals surface area contributed by atoms with Crippen molar-refractivity contribution < 1.29 is 18.8 Å². The zero-order valence-corrected chi connectivity index (χ0v) is 15.9. The van der Waals surface area contributed by atoms with Crippen LogP contribution >= 0.6 is 0 Å². The number of likely N-dealkylation sites (N-methyl/N-ethyl adjacent to an activating group) is 1. The molecule has 1 aromatic carbocycles. The predicted octanol–water partition coefficient (Wildman–Crippen LogP) is 2.61. The highest BCUT2D eigenvalue weighted by Crippen LogP contribution is 2.17. The van der Waals surface area contributed by atoms with Gasteiger partial charge in [-0.25, -0.2) is 0 Å². The lowest BCUT2D eigenvalue weighted by molar-refractivity contribution is -0.130. The third-order valence-electron chi connectivity index (χ3n) is 4.14. The van der Waals surface area contributed by atoms with Crippen molar-refractivity contribution in [1.82, 2.24) is 20.0 Å². The van der Waals surface area contributed by atoms with Gasteiger partial charge >= 0.3 is 0 Å². The first kappa shape index (κ1) is 19.3. The van der Waals surface area contributed by atoms with Gasteiger partial charge in [0.05, 0.1) is 13.7 Å². The van der Waals surface area contributed by atoms with Gasteiger partial charge in [-0.05, 0) is 36.4 Å². The molecule has 0 spiro atoms. The fourth-order valence-electron chi connectivity index (χ4n) is 2.48. The van der Waals surface area contributed by atoms with E-state index in [-0.39, 0.29) is 12.3 Å². The van der Waals surface area contributed by atoms with E-state index in [0.717, 1.165) is 17.1 Å². The van der Waals surface area contributed by atoms with Crippen molar-refractivity contribution in [2.75, 3.05) is 27.3 Å². The Labute approximate surface area is 163 Å². The number of methoxy groups -OCH3 is 1. The van der Waals surface area contributed by atoms with Gasteiger partial charge in [0.2, 0.25) is 17.6 Å². The molecular formula is C20H22N4O4. The first-order chi connectivity index (χ1) is 13.7. The normalized spacial score (nSPS) is 10.5. The number of hydrogen-bond acceptors (Lipinski definition) is 7. The van der Waals surface area contributed by atoms with Gasteiger partial charge in [0.15, 0.2) is 0 Å². The maximum absolute atomic E-state index is 12.3. The van der Waals surface area contributed by atoms with Crippen molar-refractivity contribution in [2.24, 2.45) is 0 Å². The molecule has 0 fully saturated rings. The van der Waals surface area contributed by atoms with Crippen molar-refractivity contribution in [3.63, 3.8) is 0 Å². The van der Waals surface area contributed by atoms with Gasteiger partial charge in [-0.3, -0.25) is 9.78 Å². The molecule has 3 aromatic rings. The number of nitrogens with zero attached hydrogens (tertiary/aromatic N) is 4. The number of benzene rings is 1. The van der Waals surface area contributed by atoms with Crippen LogP contribution in [0.15, 0.2) is 53.3 Å². The molecule has 2 aromatic heterocycles. The Bertz CT molecular complexity index is 881. The van der Waals surface area contributed by atoms with E-state index in [9.17, 15) is 4.79 Å². The van der Waals surface area contributed by atoms with Gasteiger partial charge in [-0.15, -0.1) is 0 Å². The minimum Gasteiger partial charge on any atom is -0.497 e. The van der Waals surface area contributed by atoms with Crippen LogP contribution in [-0.4, -0.2) is 53.2 Å². The lowest BCUT2D eigenvalue weighted by Crippen LogP contribution is -2.31. The van der Waals surface area contributed by atoms with Crippen LogP contribution in [0.5, 0.6) is 11.5 Å². The molecular weight excluding hydrogens is 360 g/mol. The van der Waals surface area contributed by atoms with E-state index in [2.05, 4.69) is 15.1 Å². The van der Waals surface area contributed by atoms with Crippen molar-refractivity contribution in [3.05, 3.63) is 54.7 Å². The van der Waals surface area contributed by atoms with E-state index in [1.807, 2.05) is 24.3 Å². The van der Waals surface area contributed by atoms with Crippen LogP contribution < -0.4 is 9.47 Å². The molecule has 0 aliphatic carbocycles. The molecule has 3 rings (SSSR count). The van der Waals surface area contributed by atoms with Gasteiger partial charge in [0, 0.05) is 37.8 Å². The first-order valence-electron chi connectivity index (χ1n) is 8.89. The minimum absolute atomic E-state index is 0.0120. The molecule has 0 saturated carbocycles. The first-order valence-corrected chi connectivity index (χ1v) is 8.89. The summed E-state index contributed by atoms with van der Waals surface area (Å²) in [4.78, 5) is 22.2. The van der Waals surface area contributed by atoms with Crippen LogP contribution in [0.4, 0.5) is 0 Å². The molecule has 0 N–H and O–H groups in total. The molecule has 0 aliphatic rings. The fourth-order valence-corrected chi connectivity index (χ4v) is 2.48. The van der Waals surface area contributed by atoms with E-state index in [1.54, 1.807) is 43.6 Å². The molecule has 0 unspecified atom stereocenters. The number of amides is 1. The van der Waals surface area contributed by atoms with Crippen LogP contribution in [0.3, 0.4) is 0 Å². The fraction of sp³-hybridized carbons (Fsp3) is 0.300. The number of rotatable bonds is 9. The summed E-state index contributed by atoms with van der Waals surface area (Å²) in [5.41, 5.74) is 0.823. The molecule has 8 heteroatoms. The molecule has 8 nitrogen and oxygen atoms in total. The van der Waals surface area contributed by atoms with Crippen LogP contribution in [0.1, 0.15) is 12.3 Å². The van der Waals surface area contributed by atoms with Crippen molar-refractivity contribution in [2.45, 2.75) is 12.8 Å². The van der Waals surface area contributed by atoms with Gasteiger partial charge in [-0.1, -0.05) is 5.16 Å². The predicted molar refractivity (Wildman–Crippen MR) is 102 cm³/mol. The molecule has 0 aliphatic heterocycles. The molecule has 0 radical (unpaired) electrons. The quantitative estimate of drug-likeness (QED) is 0.562. The second kappa shape index (κ2) is 9.50. The van der Waals surface area contributed by atoms with E-state index in [0.29, 0.717) is 31.3 Å². The summed E-state index contributed by atoms with van der Waals surface area (Å²) in [5, 5.41) is 3.94. The number of ether oxygens (including phenoxy) is 2. The number of aryl methyl sites for hydroxylation is 1. The third kappa shape index (κ3) is 5.29. The molecule has 28 heavy (non-hydrogen) atoms. The maximum Gasteiger partial charge on any atom is 0.227 e. The monoisotopic (exact) mass is 382 g/mol. The number of pyridine rings is 1. The van der Waals surface area contributed by atoms with Crippen molar-refractivity contribution in [1.29, 1.82) is 0 Å². The number of carbonyl (C=O) groups excluding carboxylic acids is 1. The highest BCUT2D eigenvalue weighted by atomic mass is 16.5. The number of carbonyl (C=O) groups is 1. The molecule has 2 heterocycles. The van der Waals surface area contributed by atoms with Crippen molar-refractivity contribution in [3.8, 4) is 22.9 Å². The Morgan fingerprint density at radius 1 is 1.11 bits per heavy atom. The third-order valence-corrected chi connectivity index (χ3v) is 4.14. The largest absolute Gasteiger partial charge is 0.497 e. The molecule has 0 bridgehead atoms. The summed E-state index contributed by atoms with van der Waals surface area (Å²) in [5.74, 6) is 2.42. The van der Waals surface area contributed by atoms with E-state index in [1.165, 1.54) is 0 Å². The Morgan fingerprint density at radius 2 is 1.82 bits per heavy atom. The van der Waals surface area contributed by atoms with Gasteiger partial charge in [0.1, 0.15) is 18.1 Å². The van der Waals surface area contributed by atoms with E-state index < -0.39 is 0 Å². The lowest BCUT2D eigenvalue weighted by atomic mass is 10.2. The Morgan fingerprint density at radius 3 is 2.54 bits per heavy atom. The zero-order chi connectivity index (χ0) is 19.8. The highest BCUT2D eigenvalue weighted by Gasteiger charge is 2.13. The summed E-state index contributed by atoms with van der Waals surface area (Å²) in [6, 6.07) is 10.9. The second-order valence-electron chi connectivity index (χ2n) is 6.09. The second-order valence-corrected chi connectivity index (χ2v) is 6.09. The van der Waals surface area contributed by atoms with Crippen LogP contribution in [0.25, 0.3) is 11.4 Å². The van der Waals surface area contributed by atoms with E-state index >= 15 is 0 Å². The molecule has 146 valence electrons. The minimum atomic E-state index is -0.0120. The van der Waals surface area contributed by atoms with Gasteiger partial charge in [0.25, 0.3) is 0 Å². The molecule has 0 saturated heterocycles. The summed E-state index contributed by atoms with van der Waals surface area (Å²) < 4.78 is 16.0. The highest BCUT2D eigenvalue weighted by molar-refractivity contribution is 5.76. The summed E-state index contributed by atoms with van der Waals surface area (Å²) >= 11 is 0. The maximum atomic E-state index is 12.3. The molecule has 0 atom stereocenters. The lowest BCUT2D eigenvalue weighted by Gasteiger charge is -2.17. The Kier molecular flexibility index (Phi) is 6.56. The van der Waals surface area contributed by atoms with Crippen LogP contribution in [0, 0.1) is 0 Å². The Balaban J connectivity index is 1.41. The number of aromatic nitrogens is 3. The summed E-state index contributed by atoms with van der Waals surface area (Å²) in [6.45, 7) is 0.887. The van der Waals surface area contributed by atoms with E-state index in [4.69, 9.17) is 14.0 Å².